The number of nitrogens with zero attached hydrogens (tertiary/aromatic N) is 1. The molecule has 1 aromatic rings. The van der Waals surface area contributed by atoms with Crippen LogP contribution in [0.3, 0.4) is 0 Å². The number of amides is 2. The summed E-state index contributed by atoms with van der Waals surface area (Å²) in [6.07, 6.45) is 1.74. The first-order valence-corrected chi connectivity index (χ1v) is 5.94. The van der Waals surface area contributed by atoms with E-state index < -0.39 is 6.04 Å². The SMILES string of the molecule is CC(=O)NC(C)C(=O)Nc1ccc(C(C)C)cn1. The van der Waals surface area contributed by atoms with Crippen LogP contribution in [0.15, 0.2) is 18.3 Å². The topological polar surface area (TPSA) is 71.1 Å². The predicted octanol–water partition coefficient (Wildman–Crippen LogP) is 1.67. The van der Waals surface area contributed by atoms with Crippen LogP contribution >= 0.6 is 0 Å². The lowest BCUT2D eigenvalue weighted by Crippen LogP contribution is -2.40. The number of pyridine rings is 1. The van der Waals surface area contributed by atoms with E-state index in [1.807, 2.05) is 6.07 Å². The van der Waals surface area contributed by atoms with E-state index in [1.165, 1.54) is 6.92 Å². The molecule has 0 spiro atoms. The van der Waals surface area contributed by atoms with Crippen LogP contribution in [0.5, 0.6) is 0 Å². The molecule has 1 aromatic heterocycles. The predicted molar refractivity (Wildman–Crippen MR) is 70.2 cm³/mol. The van der Waals surface area contributed by atoms with Gasteiger partial charge in [0.15, 0.2) is 0 Å². The maximum atomic E-state index is 11.7. The van der Waals surface area contributed by atoms with Crippen LogP contribution in [0.25, 0.3) is 0 Å². The Bertz CT molecular complexity index is 426. The third kappa shape index (κ3) is 4.16. The molecule has 0 saturated carbocycles. The number of rotatable bonds is 4. The molecule has 0 aliphatic heterocycles. The molecule has 18 heavy (non-hydrogen) atoms. The Morgan fingerprint density at radius 1 is 1.22 bits per heavy atom. The quantitative estimate of drug-likeness (QED) is 0.852. The van der Waals surface area contributed by atoms with Crippen molar-refractivity contribution in [2.24, 2.45) is 0 Å². The highest BCUT2D eigenvalue weighted by Crippen LogP contribution is 2.14. The summed E-state index contributed by atoms with van der Waals surface area (Å²) in [4.78, 5) is 26.7. The average Bonchev–Trinajstić information content (AvgIpc) is 2.28. The zero-order valence-electron chi connectivity index (χ0n) is 11.2. The van der Waals surface area contributed by atoms with Gasteiger partial charge >= 0.3 is 0 Å². The van der Waals surface area contributed by atoms with Gasteiger partial charge < -0.3 is 10.6 Å². The summed E-state index contributed by atoms with van der Waals surface area (Å²) in [5.41, 5.74) is 1.11. The second-order valence-corrected chi connectivity index (χ2v) is 4.54. The second-order valence-electron chi connectivity index (χ2n) is 4.54. The lowest BCUT2D eigenvalue weighted by atomic mass is 10.1. The Hall–Kier alpha value is -1.91. The highest BCUT2D eigenvalue weighted by atomic mass is 16.2. The highest BCUT2D eigenvalue weighted by molar-refractivity contribution is 5.95. The summed E-state index contributed by atoms with van der Waals surface area (Å²) >= 11 is 0. The Morgan fingerprint density at radius 3 is 2.33 bits per heavy atom. The molecule has 1 heterocycles. The maximum absolute atomic E-state index is 11.7. The number of carbonyl (C=O) groups excluding carboxylic acids is 2. The molecule has 0 bridgehead atoms. The van der Waals surface area contributed by atoms with Gasteiger partial charge in [-0.2, -0.15) is 0 Å². The van der Waals surface area contributed by atoms with Crippen LogP contribution in [0, 0.1) is 0 Å². The minimum Gasteiger partial charge on any atom is -0.345 e. The first kappa shape index (κ1) is 14.2. The molecular formula is C13H19N3O2. The molecule has 0 aliphatic rings. The van der Waals surface area contributed by atoms with Crippen molar-refractivity contribution in [3.05, 3.63) is 23.9 Å². The number of aromatic nitrogens is 1. The van der Waals surface area contributed by atoms with Gasteiger partial charge in [0.05, 0.1) is 0 Å². The first-order chi connectivity index (χ1) is 8.40. The normalized spacial score (nSPS) is 12.1. The van der Waals surface area contributed by atoms with Gasteiger partial charge in [0.25, 0.3) is 0 Å². The molecule has 0 saturated heterocycles. The van der Waals surface area contributed by atoms with Gasteiger partial charge in [0.1, 0.15) is 11.9 Å². The molecule has 2 N–H and O–H groups in total. The maximum Gasteiger partial charge on any atom is 0.247 e. The van der Waals surface area contributed by atoms with Gasteiger partial charge in [-0.15, -0.1) is 0 Å². The number of anilines is 1. The molecular weight excluding hydrogens is 230 g/mol. The summed E-state index contributed by atoms with van der Waals surface area (Å²) in [7, 11) is 0. The van der Waals surface area contributed by atoms with Crippen molar-refractivity contribution >= 4 is 17.6 Å². The van der Waals surface area contributed by atoms with Crippen molar-refractivity contribution in [2.45, 2.75) is 39.7 Å². The van der Waals surface area contributed by atoms with Crippen molar-refractivity contribution in [2.75, 3.05) is 5.32 Å². The standard InChI is InChI=1S/C13H19N3O2/c1-8(2)11-5-6-12(14-7-11)16-13(18)9(3)15-10(4)17/h5-9H,1-4H3,(H,15,17)(H,14,16,18). The zero-order valence-corrected chi connectivity index (χ0v) is 11.2. The molecule has 1 rings (SSSR count). The molecule has 0 aromatic carbocycles. The van der Waals surface area contributed by atoms with E-state index in [0.717, 1.165) is 5.56 Å². The fourth-order valence-corrected chi connectivity index (χ4v) is 1.43. The lowest BCUT2D eigenvalue weighted by molar-refractivity contribution is -0.124. The number of nitrogens with one attached hydrogen (secondary N) is 2. The van der Waals surface area contributed by atoms with E-state index in [4.69, 9.17) is 0 Å². The molecule has 0 radical (unpaired) electrons. The summed E-state index contributed by atoms with van der Waals surface area (Å²) in [5.74, 6) is 0.373. The van der Waals surface area contributed by atoms with Crippen molar-refractivity contribution in [3.8, 4) is 0 Å². The van der Waals surface area contributed by atoms with E-state index >= 15 is 0 Å². The Balaban J connectivity index is 2.62. The largest absolute Gasteiger partial charge is 0.345 e. The van der Waals surface area contributed by atoms with E-state index in [9.17, 15) is 9.59 Å². The van der Waals surface area contributed by atoms with Crippen LogP contribution in [-0.4, -0.2) is 22.8 Å². The number of carbonyl (C=O) groups is 2. The van der Waals surface area contributed by atoms with Crippen molar-refractivity contribution < 1.29 is 9.59 Å². The average molecular weight is 249 g/mol. The van der Waals surface area contributed by atoms with Crippen molar-refractivity contribution in [3.63, 3.8) is 0 Å². The molecule has 5 nitrogen and oxygen atoms in total. The van der Waals surface area contributed by atoms with Crippen LogP contribution in [0.4, 0.5) is 5.82 Å². The van der Waals surface area contributed by atoms with Crippen LogP contribution < -0.4 is 10.6 Å². The van der Waals surface area contributed by atoms with Crippen molar-refractivity contribution in [1.82, 2.24) is 10.3 Å². The molecule has 0 aliphatic carbocycles. The van der Waals surface area contributed by atoms with Crippen molar-refractivity contribution in [1.29, 1.82) is 0 Å². The van der Waals surface area contributed by atoms with Crippen LogP contribution in [0.1, 0.15) is 39.2 Å². The van der Waals surface area contributed by atoms with Gasteiger partial charge in [-0.25, -0.2) is 4.98 Å². The van der Waals surface area contributed by atoms with Gasteiger partial charge in [-0.05, 0) is 24.5 Å². The molecule has 1 atom stereocenters. The molecule has 0 fully saturated rings. The van der Waals surface area contributed by atoms with E-state index in [2.05, 4.69) is 29.5 Å². The van der Waals surface area contributed by atoms with E-state index in [0.29, 0.717) is 11.7 Å². The lowest BCUT2D eigenvalue weighted by Gasteiger charge is -2.12. The molecule has 1 unspecified atom stereocenters. The molecule has 98 valence electrons. The van der Waals surface area contributed by atoms with Gasteiger partial charge in [0, 0.05) is 13.1 Å². The second kappa shape index (κ2) is 6.14. The minimum absolute atomic E-state index is 0.235. The summed E-state index contributed by atoms with van der Waals surface area (Å²) in [6, 6.07) is 3.11. The molecule has 5 heteroatoms. The van der Waals surface area contributed by atoms with Gasteiger partial charge in [-0.1, -0.05) is 19.9 Å². The first-order valence-electron chi connectivity index (χ1n) is 5.94. The van der Waals surface area contributed by atoms with Gasteiger partial charge in [-0.3, -0.25) is 9.59 Å². The fraction of sp³-hybridized carbons (Fsp3) is 0.462. The van der Waals surface area contributed by atoms with Crippen LogP contribution in [-0.2, 0) is 9.59 Å². The number of hydrogen-bond donors (Lipinski definition) is 2. The van der Waals surface area contributed by atoms with Gasteiger partial charge in [0.2, 0.25) is 11.8 Å². The summed E-state index contributed by atoms with van der Waals surface area (Å²) in [5, 5.41) is 5.16. The minimum atomic E-state index is -0.575. The highest BCUT2D eigenvalue weighted by Gasteiger charge is 2.14. The zero-order chi connectivity index (χ0) is 13.7. The summed E-state index contributed by atoms with van der Waals surface area (Å²) in [6.45, 7) is 7.15. The summed E-state index contributed by atoms with van der Waals surface area (Å²) < 4.78 is 0. The Kier molecular flexibility index (Phi) is 4.83. The third-order valence-electron chi connectivity index (χ3n) is 2.52. The van der Waals surface area contributed by atoms with Crippen LogP contribution in [0.2, 0.25) is 0 Å². The Labute approximate surface area is 107 Å². The third-order valence-corrected chi connectivity index (χ3v) is 2.52. The number of hydrogen-bond acceptors (Lipinski definition) is 3. The van der Waals surface area contributed by atoms with E-state index in [1.54, 1.807) is 19.2 Å². The smallest absolute Gasteiger partial charge is 0.247 e. The monoisotopic (exact) mass is 249 g/mol. The van der Waals surface area contributed by atoms with E-state index in [-0.39, 0.29) is 11.8 Å². The molecule has 2 amide bonds. The Morgan fingerprint density at radius 2 is 1.89 bits per heavy atom. The fourth-order valence-electron chi connectivity index (χ4n) is 1.43.